The average molecular weight is 326 g/mol. The van der Waals surface area contributed by atoms with E-state index < -0.39 is 0 Å². The van der Waals surface area contributed by atoms with Gasteiger partial charge in [0, 0.05) is 18.7 Å². The summed E-state index contributed by atoms with van der Waals surface area (Å²) >= 11 is 0. The summed E-state index contributed by atoms with van der Waals surface area (Å²) in [5.41, 5.74) is 2.81. The summed E-state index contributed by atoms with van der Waals surface area (Å²) in [6.07, 6.45) is 6.34. The summed E-state index contributed by atoms with van der Waals surface area (Å²) in [6, 6.07) is 5.22. The third-order valence-electron chi connectivity index (χ3n) is 4.59. The largest absolute Gasteiger partial charge is 0.393 e. The molecule has 6 heteroatoms. The Kier molecular flexibility index (Phi) is 3.69. The molecule has 1 N–H and O–H groups in total. The van der Waals surface area contributed by atoms with Crippen LogP contribution in [0.4, 0.5) is 10.2 Å². The van der Waals surface area contributed by atoms with Gasteiger partial charge < -0.3 is 10.0 Å². The van der Waals surface area contributed by atoms with E-state index >= 15 is 0 Å². The van der Waals surface area contributed by atoms with Crippen molar-refractivity contribution in [2.75, 3.05) is 18.0 Å². The number of hydrogen-bond donors (Lipinski definition) is 1. The second-order valence-corrected chi connectivity index (χ2v) is 6.30. The summed E-state index contributed by atoms with van der Waals surface area (Å²) in [5.74, 6) is 0.625. The first-order valence-corrected chi connectivity index (χ1v) is 8.14. The Labute approximate surface area is 139 Å². The van der Waals surface area contributed by atoms with Crippen molar-refractivity contribution in [1.29, 1.82) is 0 Å². The van der Waals surface area contributed by atoms with Crippen LogP contribution < -0.4 is 4.90 Å². The Bertz CT molecular complexity index is 884. The number of aliphatic hydroxyl groups is 1. The molecule has 124 valence electrons. The predicted octanol–water partition coefficient (Wildman–Crippen LogP) is 2.80. The minimum atomic E-state index is -0.256. The van der Waals surface area contributed by atoms with Gasteiger partial charge in [-0.3, -0.25) is 9.38 Å². The molecule has 1 aliphatic heterocycles. The molecule has 0 spiro atoms. The van der Waals surface area contributed by atoms with E-state index in [1.54, 1.807) is 24.7 Å². The smallest absolute Gasteiger partial charge is 0.157 e. The number of aromatic nitrogens is 3. The quantitative estimate of drug-likeness (QED) is 0.787. The lowest BCUT2D eigenvalue weighted by Crippen LogP contribution is -2.36. The molecule has 24 heavy (non-hydrogen) atoms. The SMILES string of the molecule is Cc1ccc(-c2cnc3cncc(N4CCC(O)CC4)n23)c(F)c1. The third-order valence-corrected chi connectivity index (χ3v) is 4.59. The van der Waals surface area contributed by atoms with Crippen molar-refractivity contribution in [1.82, 2.24) is 14.4 Å². The highest BCUT2D eigenvalue weighted by Gasteiger charge is 2.21. The van der Waals surface area contributed by atoms with Gasteiger partial charge in [-0.05, 0) is 37.5 Å². The van der Waals surface area contributed by atoms with Gasteiger partial charge in [0.05, 0.1) is 30.4 Å². The molecule has 1 fully saturated rings. The number of benzene rings is 1. The lowest BCUT2D eigenvalue weighted by atomic mass is 10.1. The zero-order valence-corrected chi connectivity index (χ0v) is 13.5. The summed E-state index contributed by atoms with van der Waals surface area (Å²) in [4.78, 5) is 10.8. The summed E-state index contributed by atoms with van der Waals surface area (Å²) in [5, 5.41) is 9.73. The number of hydrogen-bond acceptors (Lipinski definition) is 4. The summed E-state index contributed by atoms with van der Waals surface area (Å²) in [7, 11) is 0. The number of aryl methyl sites for hydroxylation is 1. The third kappa shape index (κ3) is 2.53. The van der Waals surface area contributed by atoms with Gasteiger partial charge in [0.25, 0.3) is 0 Å². The number of halogens is 1. The fourth-order valence-electron chi connectivity index (χ4n) is 3.26. The summed E-state index contributed by atoms with van der Waals surface area (Å²) < 4.78 is 16.4. The zero-order chi connectivity index (χ0) is 16.7. The zero-order valence-electron chi connectivity index (χ0n) is 13.5. The van der Waals surface area contributed by atoms with Crippen molar-refractivity contribution in [2.45, 2.75) is 25.9 Å². The fourth-order valence-corrected chi connectivity index (χ4v) is 3.26. The molecular formula is C18H19FN4O. The lowest BCUT2D eigenvalue weighted by molar-refractivity contribution is 0.145. The lowest BCUT2D eigenvalue weighted by Gasteiger charge is -2.31. The van der Waals surface area contributed by atoms with Gasteiger partial charge in [-0.15, -0.1) is 0 Å². The van der Waals surface area contributed by atoms with Crippen molar-refractivity contribution >= 4 is 11.5 Å². The number of imidazole rings is 1. The maximum absolute atomic E-state index is 14.5. The molecule has 1 saturated heterocycles. The van der Waals surface area contributed by atoms with Gasteiger partial charge in [-0.25, -0.2) is 9.37 Å². The first-order valence-electron chi connectivity index (χ1n) is 8.14. The Balaban J connectivity index is 1.85. The molecule has 1 aromatic carbocycles. The number of nitrogens with zero attached hydrogens (tertiary/aromatic N) is 4. The average Bonchev–Trinajstić information content (AvgIpc) is 3.00. The highest BCUT2D eigenvalue weighted by atomic mass is 19.1. The van der Waals surface area contributed by atoms with Crippen molar-refractivity contribution < 1.29 is 9.50 Å². The second-order valence-electron chi connectivity index (χ2n) is 6.30. The monoisotopic (exact) mass is 326 g/mol. The Morgan fingerprint density at radius 3 is 2.71 bits per heavy atom. The molecule has 3 aromatic rings. The Morgan fingerprint density at radius 2 is 1.96 bits per heavy atom. The molecule has 2 aromatic heterocycles. The highest BCUT2D eigenvalue weighted by molar-refractivity contribution is 5.67. The van der Waals surface area contributed by atoms with Gasteiger partial charge in [-0.1, -0.05) is 6.07 Å². The van der Waals surface area contributed by atoms with Crippen LogP contribution in [-0.4, -0.2) is 38.7 Å². The van der Waals surface area contributed by atoms with Crippen molar-refractivity contribution in [3.63, 3.8) is 0 Å². The topological polar surface area (TPSA) is 53.7 Å². The molecular weight excluding hydrogens is 307 g/mol. The van der Waals surface area contributed by atoms with Crippen LogP contribution in [0.3, 0.4) is 0 Å². The van der Waals surface area contributed by atoms with E-state index in [1.165, 1.54) is 6.07 Å². The minimum Gasteiger partial charge on any atom is -0.393 e. The highest BCUT2D eigenvalue weighted by Crippen LogP contribution is 2.29. The molecule has 4 rings (SSSR count). The van der Waals surface area contributed by atoms with Gasteiger partial charge in [0.1, 0.15) is 11.6 Å². The van der Waals surface area contributed by atoms with Gasteiger partial charge in [0.2, 0.25) is 0 Å². The van der Waals surface area contributed by atoms with E-state index in [-0.39, 0.29) is 11.9 Å². The van der Waals surface area contributed by atoms with Crippen LogP contribution in [0.1, 0.15) is 18.4 Å². The first kappa shape index (κ1) is 15.1. The predicted molar refractivity (Wildman–Crippen MR) is 90.6 cm³/mol. The molecule has 0 unspecified atom stereocenters. The van der Waals surface area contributed by atoms with Gasteiger partial charge in [-0.2, -0.15) is 0 Å². The second kappa shape index (κ2) is 5.87. The van der Waals surface area contributed by atoms with E-state index in [0.717, 1.165) is 37.3 Å². The molecule has 0 aliphatic carbocycles. The van der Waals surface area contributed by atoms with E-state index in [0.29, 0.717) is 16.9 Å². The molecule has 5 nitrogen and oxygen atoms in total. The van der Waals surface area contributed by atoms with E-state index in [1.807, 2.05) is 17.4 Å². The molecule has 0 atom stereocenters. The van der Waals surface area contributed by atoms with Crippen LogP contribution in [0, 0.1) is 12.7 Å². The van der Waals surface area contributed by atoms with Crippen molar-refractivity contribution in [2.24, 2.45) is 0 Å². The van der Waals surface area contributed by atoms with E-state index in [9.17, 15) is 9.50 Å². The molecule has 0 bridgehead atoms. The number of anilines is 1. The normalized spacial score (nSPS) is 16.0. The molecule has 0 radical (unpaired) electrons. The van der Waals surface area contributed by atoms with Crippen molar-refractivity contribution in [3.05, 3.63) is 48.2 Å². The van der Waals surface area contributed by atoms with Crippen molar-refractivity contribution in [3.8, 4) is 11.3 Å². The fraction of sp³-hybridized carbons (Fsp3) is 0.333. The van der Waals surface area contributed by atoms with Crippen LogP contribution >= 0.6 is 0 Å². The van der Waals surface area contributed by atoms with Crippen LogP contribution in [0.25, 0.3) is 16.9 Å². The first-order chi connectivity index (χ1) is 11.6. The standard InChI is InChI=1S/C18H19FN4O/c1-12-2-3-14(15(19)8-12)16-9-21-17-10-20-11-18(23(16)17)22-6-4-13(24)5-7-22/h2-3,8-11,13,24H,4-7H2,1H3. The number of piperidine rings is 1. The van der Waals surface area contributed by atoms with Crippen LogP contribution in [0.2, 0.25) is 0 Å². The van der Waals surface area contributed by atoms with E-state index in [2.05, 4.69) is 14.9 Å². The Hall–Kier alpha value is -2.47. The molecule has 0 amide bonds. The summed E-state index contributed by atoms with van der Waals surface area (Å²) in [6.45, 7) is 3.36. The molecule has 0 saturated carbocycles. The number of fused-ring (bicyclic) bond motifs is 1. The van der Waals surface area contributed by atoms with Gasteiger partial charge >= 0.3 is 0 Å². The van der Waals surface area contributed by atoms with Crippen LogP contribution in [-0.2, 0) is 0 Å². The van der Waals surface area contributed by atoms with Crippen LogP contribution in [0.15, 0.2) is 36.8 Å². The Morgan fingerprint density at radius 1 is 1.17 bits per heavy atom. The molecule has 1 aliphatic rings. The molecule has 3 heterocycles. The van der Waals surface area contributed by atoms with E-state index in [4.69, 9.17) is 0 Å². The maximum atomic E-state index is 14.5. The minimum absolute atomic E-state index is 0.245. The van der Waals surface area contributed by atoms with Crippen LogP contribution in [0.5, 0.6) is 0 Å². The number of rotatable bonds is 2. The maximum Gasteiger partial charge on any atom is 0.157 e. The van der Waals surface area contributed by atoms with Gasteiger partial charge in [0.15, 0.2) is 5.65 Å². The number of aliphatic hydroxyl groups excluding tert-OH is 1.